The Kier molecular flexibility index (Phi) is 6.17. The van der Waals surface area contributed by atoms with Crippen LogP contribution in [0.5, 0.6) is 5.75 Å². The van der Waals surface area contributed by atoms with Gasteiger partial charge in [-0.25, -0.2) is 4.98 Å². The second-order valence-electron chi connectivity index (χ2n) is 7.42. The Bertz CT molecular complexity index is 1560. The molecule has 0 saturated carbocycles. The molecule has 10 heteroatoms. The highest BCUT2D eigenvalue weighted by Gasteiger charge is 2.20. The Labute approximate surface area is 208 Å². The van der Waals surface area contributed by atoms with E-state index in [9.17, 15) is 9.59 Å². The molecule has 174 valence electrons. The Morgan fingerprint density at radius 2 is 1.89 bits per heavy atom. The van der Waals surface area contributed by atoms with E-state index in [1.807, 2.05) is 47.8 Å². The minimum absolute atomic E-state index is 0.160. The minimum Gasteiger partial charge on any atom is -0.496 e. The Hall–Kier alpha value is -4.21. The molecule has 1 amide bonds. The molecule has 2 aromatic carbocycles. The van der Waals surface area contributed by atoms with Crippen molar-refractivity contribution >= 4 is 34.7 Å². The van der Waals surface area contributed by atoms with E-state index in [2.05, 4.69) is 20.4 Å². The quantitative estimate of drug-likeness (QED) is 0.329. The summed E-state index contributed by atoms with van der Waals surface area (Å²) in [4.78, 5) is 33.9. The molecule has 3 heterocycles. The summed E-state index contributed by atoms with van der Waals surface area (Å²) in [6.07, 6.45) is 0. The number of amides is 1. The average Bonchev–Trinajstić information content (AvgIpc) is 3.54. The number of aromatic amines is 1. The monoisotopic (exact) mass is 503 g/mol. The van der Waals surface area contributed by atoms with Crippen LogP contribution in [-0.2, 0) is 0 Å². The van der Waals surface area contributed by atoms with Crippen molar-refractivity contribution in [1.82, 2.24) is 19.7 Å². The first-order chi connectivity index (χ1) is 17.0. The van der Waals surface area contributed by atoms with Gasteiger partial charge in [0.15, 0.2) is 0 Å². The minimum atomic E-state index is -0.454. The Balaban J connectivity index is 1.61. The highest BCUT2D eigenvalue weighted by Crippen LogP contribution is 2.29. The summed E-state index contributed by atoms with van der Waals surface area (Å²) in [6, 6.07) is 21.1. The van der Waals surface area contributed by atoms with E-state index in [1.165, 1.54) is 35.3 Å². The first-order valence-electron chi connectivity index (χ1n) is 10.5. The van der Waals surface area contributed by atoms with Gasteiger partial charge in [0.05, 0.1) is 23.2 Å². The van der Waals surface area contributed by atoms with Crippen LogP contribution >= 0.6 is 22.9 Å². The van der Waals surface area contributed by atoms with Crippen molar-refractivity contribution in [3.63, 3.8) is 0 Å². The first kappa shape index (κ1) is 22.6. The zero-order valence-electron chi connectivity index (χ0n) is 18.4. The van der Waals surface area contributed by atoms with Crippen molar-refractivity contribution in [2.24, 2.45) is 0 Å². The number of nitrogens with one attached hydrogen (secondary N) is 2. The number of thiophene rings is 1. The molecule has 35 heavy (non-hydrogen) atoms. The summed E-state index contributed by atoms with van der Waals surface area (Å²) >= 11 is 7.61. The van der Waals surface area contributed by atoms with Crippen molar-refractivity contribution in [2.75, 3.05) is 12.4 Å². The maximum absolute atomic E-state index is 13.2. The van der Waals surface area contributed by atoms with Crippen LogP contribution in [0.15, 0.2) is 83.0 Å². The summed E-state index contributed by atoms with van der Waals surface area (Å²) in [5.74, 6) is 0.389. The standard InChI is InChI=1S/C25H18ClN5O3S/c1-34-20-10-9-16(26)12-17(20)24(33)28-22-13-19(21-8-5-11-35-21)30-31(22)25-27-18(14-23(32)29-25)15-6-3-2-4-7-15/h2-14H,1H3,(H,28,33)(H,27,29,32). The lowest BCUT2D eigenvalue weighted by Gasteiger charge is -2.11. The van der Waals surface area contributed by atoms with Gasteiger partial charge < -0.3 is 10.1 Å². The molecule has 0 bridgehead atoms. The van der Waals surface area contributed by atoms with Gasteiger partial charge in [0.25, 0.3) is 11.5 Å². The molecule has 0 aliphatic heterocycles. The molecule has 8 nitrogen and oxygen atoms in total. The highest BCUT2D eigenvalue weighted by molar-refractivity contribution is 7.13. The number of carbonyl (C=O) groups excluding carboxylic acids is 1. The van der Waals surface area contributed by atoms with E-state index < -0.39 is 5.91 Å². The predicted molar refractivity (Wildman–Crippen MR) is 137 cm³/mol. The fraction of sp³-hybridized carbons (Fsp3) is 0.0400. The zero-order chi connectivity index (χ0) is 24.4. The molecule has 0 unspecified atom stereocenters. The number of ether oxygens (including phenoxy) is 1. The molecule has 0 radical (unpaired) electrons. The number of halogens is 1. The second kappa shape index (κ2) is 9.57. The van der Waals surface area contributed by atoms with Crippen molar-refractivity contribution in [1.29, 1.82) is 0 Å². The largest absolute Gasteiger partial charge is 0.496 e. The molecule has 0 aliphatic rings. The summed E-state index contributed by atoms with van der Waals surface area (Å²) in [7, 11) is 1.48. The van der Waals surface area contributed by atoms with Crippen molar-refractivity contribution < 1.29 is 9.53 Å². The summed E-state index contributed by atoms with van der Waals surface area (Å²) in [5.41, 5.74) is 1.77. The lowest BCUT2D eigenvalue weighted by Crippen LogP contribution is -2.19. The van der Waals surface area contributed by atoms with Gasteiger partial charge >= 0.3 is 0 Å². The molecular formula is C25H18ClN5O3S. The fourth-order valence-electron chi connectivity index (χ4n) is 3.52. The van der Waals surface area contributed by atoms with Crippen LogP contribution in [-0.4, -0.2) is 32.8 Å². The molecule has 2 N–H and O–H groups in total. The van der Waals surface area contributed by atoms with Crippen LogP contribution in [0.3, 0.4) is 0 Å². The highest BCUT2D eigenvalue weighted by atomic mass is 35.5. The third-order valence-corrected chi connectivity index (χ3v) is 6.26. The SMILES string of the molecule is COc1ccc(Cl)cc1C(=O)Nc1cc(-c2cccs2)nn1-c1nc(-c2ccccc2)cc(=O)[nH]1. The fourth-order valence-corrected chi connectivity index (χ4v) is 4.37. The second-order valence-corrected chi connectivity index (χ2v) is 8.81. The molecule has 3 aromatic heterocycles. The van der Waals surface area contributed by atoms with Gasteiger partial charge in [-0.15, -0.1) is 11.3 Å². The van der Waals surface area contributed by atoms with Crippen molar-refractivity contribution in [2.45, 2.75) is 0 Å². The number of aromatic nitrogens is 4. The predicted octanol–water partition coefficient (Wildman–Crippen LogP) is 5.27. The molecule has 0 atom stereocenters. The average molecular weight is 504 g/mol. The number of carbonyl (C=O) groups is 1. The molecule has 0 aliphatic carbocycles. The van der Waals surface area contributed by atoms with Gasteiger partial charge in [-0.1, -0.05) is 48.0 Å². The van der Waals surface area contributed by atoms with E-state index in [0.29, 0.717) is 28.0 Å². The number of benzene rings is 2. The van der Waals surface area contributed by atoms with Crippen molar-refractivity contribution in [3.8, 4) is 33.5 Å². The van der Waals surface area contributed by atoms with Gasteiger partial charge in [-0.2, -0.15) is 9.78 Å². The number of anilines is 1. The Morgan fingerprint density at radius 1 is 1.06 bits per heavy atom. The molecule has 0 saturated heterocycles. The van der Waals surface area contributed by atoms with Crippen LogP contribution in [0.4, 0.5) is 5.82 Å². The summed E-state index contributed by atoms with van der Waals surface area (Å²) in [6.45, 7) is 0. The van der Waals surface area contributed by atoms with E-state index in [4.69, 9.17) is 16.3 Å². The topological polar surface area (TPSA) is 102 Å². The molecule has 5 aromatic rings. The third kappa shape index (κ3) is 4.72. The number of H-pyrrole nitrogens is 1. The van der Waals surface area contributed by atoms with Gasteiger partial charge in [-0.3, -0.25) is 14.6 Å². The molecule has 5 rings (SSSR count). The molecule has 0 fully saturated rings. The normalized spacial score (nSPS) is 10.8. The summed E-state index contributed by atoms with van der Waals surface area (Å²) < 4.78 is 6.72. The van der Waals surface area contributed by atoms with Crippen molar-refractivity contribution in [3.05, 3.63) is 99.1 Å². The summed E-state index contributed by atoms with van der Waals surface area (Å²) in [5, 5.41) is 9.81. The number of nitrogens with zero attached hydrogens (tertiary/aromatic N) is 3. The molecular weight excluding hydrogens is 486 g/mol. The number of methoxy groups -OCH3 is 1. The van der Waals surface area contributed by atoms with Gasteiger partial charge in [0.2, 0.25) is 5.95 Å². The first-order valence-corrected chi connectivity index (χ1v) is 11.7. The van der Waals surface area contributed by atoms with Gasteiger partial charge in [0, 0.05) is 22.7 Å². The Morgan fingerprint density at radius 3 is 2.63 bits per heavy atom. The van der Waals surface area contributed by atoms with E-state index in [-0.39, 0.29) is 17.1 Å². The number of hydrogen-bond donors (Lipinski definition) is 2. The molecule has 0 spiro atoms. The van der Waals surface area contributed by atoms with Crippen LogP contribution in [0.1, 0.15) is 10.4 Å². The van der Waals surface area contributed by atoms with Crippen LogP contribution in [0.25, 0.3) is 27.8 Å². The van der Waals surface area contributed by atoms with Crippen LogP contribution in [0.2, 0.25) is 5.02 Å². The van der Waals surface area contributed by atoms with Crippen LogP contribution in [0, 0.1) is 0 Å². The number of hydrogen-bond acceptors (Lipinski definition) is 6. The van der Waals surface area contributed by atoms with Crippen LogP contribution < -0.4 is 15.6 Å². The van der Waals surface area contributed by atoms with E-state index in [1.54, 1.807) is 18.2 Å². The van der Waals surface area contributed by atoms with Gasteiger partial charge in [-0.05, 0) is 29.6 Å². The smallest absolute Gasteiger partial charge is 0.260 e. The maximum atomic E-state index is 13.2. The lowest BCUT2D eigenvalue weighted by molar-refractivity contribution is 0.102. The number of rotatable bonds is 6. The lowest BCUT2D eigenvalue weighted by atomic mass is 10.1. The van der Waals surface area contributed by atoms with E-state index >= 15 is 0 Å². The third-order valence-electron chi connectivity index (χ3n) is 5.13. The maximum Gasteiger partial charge on any atom is 0.260 e. The van der Waals surface area contributed by atoms with E-state index in [0.717, 1.165) is 10.4 Å². The van der Waals surface area contributed by atoms with Gasteiger partial charge in [0.1, 0.15) is 17.3 Å². The zero-order valence-corrected chi connectivity index (χ0v) is 19.9.